The Morgan fingerprint density at radius 3 is 1.81 bits per heavy atom. The first-order valence-corrected chi connectivity index (χ1v) is 10.3. The van der Waals surface area contributed by atoms with Crippen LogP contribution in [0.1, 0.15) is 0 Å². The minimum atomic E-state index is 0.701. The van der Waals surface area contributed by atoms with Crippen LogP contribution in [-0.4, -0.2) is 0 Å². The van der Waals surface area contributed by atoms with Crippen LogP contribution in [0.15, 0.2) is 109 Å². The lowest BCUT2D eigenvalue weighted by atomic mass is 10.1. The Bertz CT molecular complexity index is 1410. The van der Waals surface area contributed by atoms with Crippen LogP contribution >= 0.6 is 0 Å². The fourth-order valence-electron chi connectivity index (χ4n) is 3.92. The predicted molar refractivity (Wildman–Crippen MR) is 126 cm³/mol. The third kappa shape index (κ3) is 3.36. The molecule has 0 fully saturated rings. The molecule has 1 heterocycles. The summed E-state index contributed by atoms with van der Waals surface area (Å²) in [5.41, 5.74) is 4.32. The van der Waals surface area contributed by atoms with E-state index < -0.39 is 0 Å². The first-order valence-electron chi connectivity index (χ1n) is 10.3. The molecule has 1 N–H and O–H groups in total. The van der Waals surface area contributed by atoms with Crippen molar-refractivity contribution in [1.29, 1.82) is 0 Å². The highest BCUT2D eigenvalue weighted by atomic mass is 16.6. The highest BCUT2D eigenvalue weighted by Gasteiger charge is 2.20. The van der Waals surface area contributed by atoms with Gasteiger partial charge in [0.2, 0.25) is 0 Å². The normalized spacial score (nSPS) is 11.7. The highest BCUT2D eigenvalue weighted by molar-refractivity contribution is 5.86. The topological polar surface area (TPSA) is 30.5 Å². The molecule has 0 amide bonds. The molecule has 0 spiro atoms. The second kappa shape index (κ2) is 7.22. The molecular weight excluding hydrogens is 382 g/mol. The van der Waals surface area contributed by atoms with Gasteiger partial charge < -0.3 is 14.8 Å². The van der Waals surface area contributed by atoms with Gasteiger partial charge in [-0.05, 0) is 58.3 Å². The van der Waals surface area contributed by atoms with Gasteiger partial charge in [-0.2, -0.15) is 0 Å². The Balaban J connectivity index is 1.29. The zero-order valence-corrected chi connectivity index (χ0v) is 16.7. The third-order valence-corrected chi connectivity index (χ3v) is 5.45. The van der Waals surface area contributed by atoms with E-state index >= 15 is 0 Å². The van der Waals surface area contributed by atoms with Gasteiger partial charge in [0.1, 0.15) is 0 Å². The summed E-state index contributed by atoms with van der Waals surface area (Å²) in [6.45, 7) is 0. The largest absolute Gasteiger partial charge is 0.449 e. The van der Waals surface area contributed by atoms with Crippen LogP contribution in [0.4, 0.5) is 11.4 Å². The molecule has 31 heavy (non-hydrogen) atoms. The van der Waals surface area contributed by atoms with Crippen molar-refractivity contribution in [3.63, 3.8) is 0 Å². The molecule has 1 aliphatic rings. The number of rotatable bonds is 3. The van der Waals surface area contributed by atoms with E-state index in [1.54, 1.807) is 0 Å². The van der Waals surface area contributed by atoms with E-state index in [4.69, 9.17) is 9.47 Å². The van der Waals surface area contributed by atoms with Gasteiger partial charge in [0, 0.05) is 17.4 Å². The van der Waals surface area contributed by atoms with Crippen molar-refractivity contribution in [2.75, 3.05) is 5.32 Å². The van der Waals surface area contributed by atoms with Crippen LogP contribution < -0.4 is 14.8 Å². The minimum Gasteiger partial charge on any atom is -0.449 e. The zero-order chi connectivity index (χ0) is 20.6. The molecule has 0 aromatic heterocycles. The molecule has 5 aromatic rings. The minimum absolute atomic E-state index is 0.701. The Hall–Kier alpha value is -4.24. The maximum atomic E-state index is 6.19. The Kier molecular flexibility index (Phi) is 4.10. The number of ether oxygens (including phenoxy) is 2. The number of hydrogen-bond donors (Lipinski definition) is 1. The molecular formula is C28H19NO2. The predicted octanol–water partition coefficient (Wildman–Crippen LogP) is 8.15. The summed E-state index contributed by atoms with van der Waals surface area (Å²) >= 11 is 0. The molecule has 3 nitrogen and oxygen atoms in total. The second-order valence-electron chi connectivity index (χ2n) is 7.58. The first kappa shape index (κ1) is 17.6. The van der Waals surface area contributed by atoms with Gasteiger partial charge in [-0.1, -0.05) is 66.7 Å². The summed E-state index contributed by atoms with van der Waals surface area (Å²) < 4.78 is 12.3. The molecule has 148 valence electrons. The number of benzene rings is 5. The third-order valence-electron chi connectivity index (χ3n) is 5.45. The van der Waals surface area contributed by atoms with Gasteiger partial charge >= 0.3 is 0 Å². The maximum absolute atomic E-state index is 6.19. The quantitative estimate of drug-likeness (QED) is 0.324. The van der Waals surface area contributed by atoms with Gasteiger partial charge in [0.15, 0.2) is 23.0 Å². The van der Waals surface area contributed by atoms with E-state index in [-0.39, 0.29) is 0 Å². The molecule has 0 saturated carbocycles. The van der Waals surface area contributed by atoms with Crippen LogP contribution in [0.25, 0.3) is 21.9 Å². The van der Waals surface area contributed by atoms with Crippen molar-refractivity contribution in [1.82, 2.24) is 0 Å². The van der Waals surface area contributed by atoms with Crippen molar-refractivity contribution in [2.45, 2.75) is 0 Å². The van der Waals surface area contributed by atoms with E-state index in [0.717, 1.165) is 33.6 Å². The molecule has 0 bridgehead atoms. The van der Waals surface area contributed by atoms with Gasteiger partial charge in [0.05, 0.1) is 0 Å². The molecule has 6 rings (SSSR count). The molecule has 5 aromatic carbocycles. The highest BCUT2D eigenvalue weighted by Crippen LogP contribution is 2.47. The fourth-order valence-corrected chi connectivity index (χ4v) is 3.92. The molecule has 0 atom stereocenters. The molecule has 0 unspecified atom stereocenters. The smallest absolute Gasteiger partial charge is 0.172 e. The molecule has 0 saturated heterocycles. The van der Waals surface area contributed by atoms with E-state index in [2.05, 4.69) is 66.0 Å². The van der Waals surface area contributed by atoms with Crippen LogP contribution in [0, 0.1) is 0 Å². The summed E-state index contributed by atoms with van der Waals surface area (Å²) in [6.07, 6.45) is 0. The van der Waals surface area contributed by atoms with E-state index in [1.165, 1.54) is 11.1 Å². The van der Waals surface area contributed by atoms with Crippen molar-refractivity contribution >= 4 is 22.1 Å². The van der Waals surface area contributed by atoms with Gasteiger partial charge in [-0.15, -0.1) is 0 Å². The second-order valence-corrected chi connectivity index (χ2v) is 7.58. The van der Waals surface area contributed by atoms with Crippen molar-refractivity contribution in [3.8, 4) is 34.1 Å². The average Bonchev–Trinajstić information content (AvgIpc) is 2.82. The first-order chi connectivity index (χ1) is 15.3. The zero-order valence-electron chi connectivity index (χ0n) is 16.7. The molecule has 3 heteroatoms. The Morgan fingerprint density at radius 1 is 0.419 bits per heavy atom. The number of fused-ring (bicyclic) bond motifs is 3. The number of hydrogen-bond acceptors (Lipinski definition) is 3. The van der Waals surface area contributed by atoms with E-state index in [1.807, 2.05) is 48.5 Å². The Morgan fingerprint density at radius 2 is 1.03 bits per heavy atom. The molecule has 1 aliphatic heterocycles. The molecule has 0 radical (unpaired) electrons. The van der Waals surface area contributed by atoms with Crippen LogP contribution in [-0.2, 0) is 0 Å². The summed E-state index contributed by atoms with van der Waals surface area (Å²) in [7, 11) is 0. The SMILES string of the molecule is c1ccc(-c2cccc(Nc3ccc4c(c3)Oc3cc5ccccc5cc3O4)c2)cc1. The number of nitrogens with one attached hydrogen (secondary N) is 1. The Labute approximate surface area is 180 Å². The summed E-state index contributed by atoms with van der Waals surface area (Å²) in [5.74, 6) is 2.88. The summed E-state index contributed by atoms with van der Waals surface area (Å²) in [5, 5.41) is 5.74. The standard InChI is InChI=1S/C28H19NO2/c1-2-7-19(8-3-1)20-11-6-12-23(15-20)29-24-13-14-25-28(18-24)31-27-17-22-10-5-4-9-21(22)16-26(27)30-25/h1-18,29H. The number of anilines is 2. The lowest BCUT2D eigenvalue weighted by Gasteiger charge is -2.22. The van der Waals surface area contributed by atoms with Crippen LogP contribution in [0.5, 0.6) is 23.0 Å². The van der Waals surface area contributed by atoms with Gasteiger partial charge in [-0.25, -0.2) is 0 Å². The van der Waals surface area contributed by atoms with Gasteiger partial charge in [-0.3, -0.25) is 0 Å². The van der Waals surface area contributed by atoms with Gasteiger partial charge in [0.25, 0.3) is 0 Å². The fraction of sp³-hybridized carbons (Fsp3) is 0. The summed E-state index contributed by atoms with van der Waals surface area (Å²) in [4.78, 5) is 0. The lowest BCUT2D eigenvalue weighted by Crippen LogP contribution is -2.00. The maximum Gasteiger partial charge on any atom is 0.172 e. The monoisotopic (exact) mass is 401 g/mol. The molecule has 0 aliphatic carbocycles. The van der Waals surface area contributed by atoms with Crippen LogP contribution in [0.3, 0.4) is 0 Å². The lowest BCUT2D eigenvalue weighted by molar-refractivity contribution is 0.360. The van der Waals surface area contributed by atoms with Crippen molar-refractivity contribution in [3.05, 3.63) is 109 Å². The average molecular weight is 401 g/mol. The van der Waals surface area contributed by atoms with Crippen LogP contribution in [0.2, 0.25) is 0 Å². The van der Waals surface area contributed by atoms with Crippen molar-refractivity contribution < 1.29 is 9.47 Å². The van der Waals surface area contributed by atoms with Crippen molar-refractivity contribution in [2.24, 2.45) is 0 Å². The van der Waals surface area contributed by atoms with E-state index in [9.17, 15) is 0 Å². The van der Waals surface area contributed by atoms with E-state index in [0.29, 0.717) is 11.5 Å². The summed E-state index contributed by atoms with van der Waals surface area (Å²) in [6, 6.07) is 36.9.